The molecule has 3 nitrogen and oxygen atoms in total. The highest BCUT2D eigenvalue weighted by Crippen LogP contribution is 2.27. The van der Waals surface area contributed by atoms with E-state index in [1.54, 1.807) is 0 Å². The SMILES string of the molecule is CC(C)(C)OC(=O)N1CCC[C@@H]1[Si](C)(C)C. The molecule has 1 aliphatic heterocycles. The lowest BCUT2D eigenvalue weighted by atomic mass is 10.2. The smallest absolute Gasteiger partial charge is 0.410 e. The van der Waals surface area contributed by atoms with Crippen LogP contribution in [0, 0.1) is 0 Å². The number of carbonyl (C=O) groups is 1. The summed E-state index contributed by atoms with van der Waals surface area (Å²) in [5.41, 5.74) is 0.0614. The Kier molecular flexibility index (Phi) is 3.72. The van der Waals surface area contributed by atoms with Crippen LogP contribution >= 0.6 is 0 Å². The van der Waals surface area contributed by atoms with E-state index in [1.807, 2.05) is 25.7 Å². The summed E-state index contributed by atoms with van der Waals surface area (Å²) in [6.45, 7) is 13.6. The summed E-state index contributed by atoms with van der Waals surface area (Å²) < 4.78 is 5.46. The molecule has 16 heavy (non-hydrogen) atoms. The van der Waals surface area contributed by atoms with Crippen molar-refractivity contribution in [3.05, 3.63) is 0 Å². The molecule has 0 spiro atoms. The van der Waals surface area contributed by atoms with Crippen molar-refractivity contribution in [2.45, 2.75) is 64.5 Å². The molecule has 0 unspecified atom stereocenters. The van der Waals surface area contributed by atoms with Gasteiger partial charge in [-0.2, -0.15) is 0 Å². The van der Waals surface area contributed by atoms with Gasteiger partial charge in [-0.3, -0.25) is 0 Å². The van der Waals surface area contributed by atoms with Crippen molar-refractivity contribution in [1.82, 2.24) is 4.90 Å². The molecule has 0 aliphatic carbocycles. The molecule has 1 amide bonds. The third-order valence-corrected chi connectivity index (χ3v) is 5.48. The zero-order chi connectivity index (χ0) is 12.6. The summed E-state index contributed by atoms with van der Waals surface area (Å²) in [4.78, 5) is 14.0. The number of ether oxygens (including phenoxy) is 1. The average Bonchev–Trinajstić information content (AvgIpc) is 2.45. The van der Waals surface area contributed by atoms with Gasteiger partial charge in [-0.15, -0.1) is 0 Å². The second-order valence-corrected chi connectivity index (χ2v) is 12.1. The zero-order valence-corrected chi connectivity index (χ0v) is 12.5. The normalized spacial score (nSPS) is 22.4. The number of nitrogens with zero attached hydrogens (tertiary/aromatic N) is 1. The Morgan fingerprint density at radius 2 is 1.88 bits per heavy atom. The minimum atomic E-state index is -1.30. The molecule has 1 rings (SSSR count). The molecule has 0 saturated carbocycles. The second-order valence-electron chi connectivity index (χ2n) is 6.70. The van der Waals surface area contributed by atoms with Crippen molar-refractivity contribution in [3.8, 4) is 0 Å². The van der Waals surface area contributed by atoms with Gasteiger partial charge < -0.3 is 9.64 Å². The number of hydrogen-bond acceptors (Lipinski definition) is 2. The Labute approximate surface area is 100 Å². The third-order valence-electron chi connectivity index (χ3n) is 2.88. The number of amides is 1. The third kappa shape index (κ3) is 3.51. The van der Waals surface area contributed by atoms with Crippen LogP contribution in [0.5, 0.6) is 0 Å². The van der Waals surface area contributed by atoms with Gasteiger partial charge in [0.1, 0.15) is 5.60 Å². The lowest BCUT2D eigenvalue weighted by molar-refractivity contribution is 0.0267. The fourth-order valence-corrected chi connectivity index (χ4v) is 4.45. The first-order chi connectivity index (χ1) is 7.11. The maximum absolute atomic E-state index is 12.0. The van der Waals surface area contributed by atoms with Crippen LogP contribution in [0.4, 0.5) is 4.79 Å². The molecule has 0 aromatic rings. The monoisotopic (exact) mass is 243 g/mol. The van der Waals surface area contributed by atoms with Gasteiger partial charge >= 0.3 is 6.09 Å². The molecule has 1 fully saturated rings. The molecule has 0 bridgehead atoms. The first kappa shape index (κ1) is 13.6. The summed E-state index contributed by atoms with van der Waals surface area (Å²) in [6, 6.07) is 0. The lowest BCUT2D eigenvalue weighted by Crippen LogP contribution is -2.51. The van der Waals surface area contributed by atoms with Gasteiger partial charge in [0.15, 0.2) is 0 Å². The molecule has 1 atom stereocenters. The topological polar surface area (TPSA) is 29.5 Å². The number of likely N-dealkylation sites (tertiary alicyclic amines) is 1. The van der Waals surface area contributed by atoms with Crippen molar-refractivity contribution in [2.75, 3.05) is 6.54 Å². The Balaban J connectivity index is 2.69. The first-order valence-corrected chi connectivity index (χ1v) is 9.68. The minimum Gasteiger partial charge on any atom is -0.444 e. The van der Waals surface area contributed by atoms with Crippen LogP contribution < -0.4 is 0 Å². The maximum Gasteiger partial charge on any atom is 0.410 e. The van der Waals surface area contributed by atoms with Gasteiger partial charge in [-0.25, -0.2) is 4.79 Å². The summed E-state index contributed by atoms with van der Waals surface area (Å²) >= 11 is 0. The van der Waals surface area contributed by atoms with Crippen LogP contribution in [0.2, 0.25) is 19.6 Å². The highest BCUT2D eigenvalue weighted by molar-refractivity contribution is 6.77. The van der Waals surface area contributed by atoms with Crippen LogP contribution in [-0.2, 0) is 4.74 Å². The van der Waals surface area contributed by atoms with Gasteiger partial charge in [0.2, 0.25) is 0 Å². The van der Waals surface area contributed by atoms with E-state index in [9.17, 15) is 4.79 Å². The van der Waals surface area contributed by atoms with Gasteiger partial charge in [-0.05, 0) is 33.6 Å². The predicted octanol–water partition coefficient (Wildman–Crippen LogP) is 3.26. The fraction of sp³-hybridized carbons (Fsp3) is 0.917. The van der Waals surface area contributed by atoms with E-state index >= 15 is 0 Å². The predicted molar refractivity (Wildman–Crippen MR) is 69.3 cm³/mol. The number of carbonyl (C=O) groups excluding carboxylic acids is 1. The van der Waals surface area contributed by atoms with Crippen LogP contribution in [0.3, 0.4) is 0 Å². The molecular formula is C12H25NO2Si. The van der Waals surface area contributed by atoms with Crippen LogP contribution in [0.1, 0.15) is 33.6 Å². The van der Waals surface area contributed by atoms with Gasteiger partial charge in [0, 0.05) is 12.2 Å². The standard InChI is InChI=1S/C12H25NO2Si/c1-12(2,3)15-11(14)13-9-7-8-10(13)16(4,5)6/h10H,7-9H2,1-6H3/t10-/m0/s1. The van der Waals surface area contributed by atoms with E-state index in [0.717, 1.165) is 19.4 Å². The Morgan fingerprint density at radius 1 is 1.31 bits per heavy atom. The van der Waals surface area contributed by atoms with Gasteiger partial charge in [0.05, 0.1) is 8.07 Å². The van der Waals surface area contributed by atoms with Gasteiger partial charge in [0.25, 0.3) is 0 Å². The largest absolute Gasteiger partial charge is 0.444 e. The molecule has 1 aliphatic rings. The van der Waals surface area contributed by atoms with E-state index < -0.39 is 8.07 Å². The Morgan fingerprint density at radius 3 is 2.31 bits per heavy atom. The average molecular weight is 243 g/mol. The van der Waals surface area contributed by atoms with Crippen molar-refractivity contribution >= 4 is 14.2 Å². The van der Waals surface area contributed by atoms with Crippen LogP contribution in [-0.4, -0.2) is 36.9 Å². The van der Waals surface area contributed by atoms with Crippen molar-refractivity contribution < 1.29 is 9.53 Å². The Bertz CT molecular complexity index is 265. The molecule has 1 saturated heterocycles. The molecular weight excluding hydrogens is 218 g/mol. The van der Waals surface area contributed by atoms with Crippen molar-refractivity contribution in [3.63, 3.8) is 0 Å². The second kappa shape index (κ2) is 4.39. The van der Waals surface area contributed by atoms with E-state index in [-0.39, 0.29) is 11.7 Å². The van der Waals surface area contributed by atoms with E-state index in [2.05, 4.69) is 19.6 Å². The molecule has 1 heterocycles. The van der Waals surface area contributed by atoms with Crippen molar-refractivity contribution in [2.24, 2.45) is 0 Å². The first-order valence-electron chi connectivity index (χ1n) is 6.11. The van der Waals surface area contributed by atoms with Crippen molar-refractivity contribution in [1.29, 1.82) is 0 Å². The maximum atomic E-state index is 12.0. The van der Waals surface area contributed by atoms with E-state index in [0.29, 0.717) is 5.67 Å². The molecule has 0 N–H and O–H groups in total. The summed E-state index contributed by atoms with van der Waals surface area (Å²) in [5, 5.41) is 0. The minimum absolute atomic E-state index is 0.127. The summed E-state index contributed by atoms with van der Waals surface area (Å²) in [7, 11) is -1.30. The van der Waals surface area contributed by atoms with E-state index in [1.165, 1.54) is 0 Å². The highest BCUT2D eigenvalue weighted by atomic mass is 28.3. The van der Waals surface area contributed by atoms with Gasteiger partial charge in [-0.1, -0.05) is 19.6 Å². The summed E-state index contributed by atoms with van der Waals surface area (Å²) in [6.07, 6.45) is 2.14. The van der Waals surface area contributed by atoms with E-state index in [4.69, 9.17) is 4.74 Å². The molecule has 0 aromatic heterocycles. The molecule has 0 aromatic carbocycles. The summed E-state index contributed by atoms with van der Waals surface area (Å²) in [5.74, 6) is 0. The number of hydrogen-bond donors (Lipinski definition) is 0. The lowest BCUT2D eigenvalue weighted by Gasteiger charge is -2.34. The molecule has 4 heteroatoms. The quantitative estimate of drug-likeness (QED) is 0.662. The fourth-order valence-electron chi connectivity index (χ4n) is 2.21. The van der Waals surface area contributed by atoms with Crippen LogP contribution in [0.15, 0.2) is 0 Å². The van der Waals surface area contributed by atoms with Crippen LogP contribution in [0.25, 0.3) is 0 Å². The molecule has 94 valence electrons. The Hall–Kier alpha value is -0.513. The molecule has 0 radical (unpaired) electrons. The highest BCUT2D eigenvalue weighted by Gasteiger charge is 2.39. The number of rotatable bonds is 1. The zero-order valence-electron chi connectivity index (χ0n) is 11.5.